The topological polar surface area (TPSA) is 92.4 Å². The van der Waals surface area contributed by atoms with E-state index in [1.165, 1.54) is 0 Å². The minimum absolute atomic E-state index is 0.0758. The molecular formula is C12H20N2O3. The van der Waals surface area contributed by atoms with Crippen LogP contribution in [0.25, 0.3) is 0 Å². The van der Waals surface area contributed by atoms with Crippen molar-refractivity contribution in [2.75, 3.05) is 6.54 Å². The van der Waals surface area contributed by atoms with Crippen LogP contribution in [0.5, 0.6) is 0 Å². The molecule has 0 saturated heterocycles. The van der Waals surface area contributed by atoms with Crippen LogP contribution in [0.2, 0.25) is 0 Å². The van der Waals surface area contributed by atoms with Crippen molar-refractivity contribution in [2.45, 2.75) is 39.2 Å². The first-order valence-corrected chi connectivity index (χ1v) is 5.63. The molecule has 0 radical (unpaired) electrons. The molecule has 0 aromatic carbocycles. The Morgan fingerprint density at radius 2 is 2.00 bits per heavy atom. The second-order valence-electron chi connectivity index (χ2n) is 4.03. The summed E-state index contributed by atoms with van der Waals surface area (Å²) in [5, 5.41) is 11.7. The quantitative estimate of drug-likeness (QED) is 0.560. The fourth-order valence-corrected chi connectivity index (χ4v) is 1.49. The standard InChI is InChI=1S/C12H20N2O3/c1-4-7-9(13)10(15)14-8-12(5-2,6-3)11(16)17/h1,9H,5-8,13H2,2-3H3,(H,14,15)(H,16,17). The summed E-state index contributed by atoms with van der Waals surface area (Å²) in [6, 6.07) is -0.778. The number of nitrogens with two attached hydrogens (primary N) is 1. The number of hydrogen-bond donors (Lipinski definition) is 3. The van der Waals surface area contributed by atoms with Crippen LogP contribution in [-0.2, 0) is 9.59 Å². The molecule has 0 spiro atoms. The van der Waals surface area contributed by atoms with Gasteiger partial charge in [-0.25, -0.2) is 0 Å². The third-order valence-electron chi connectivity index (χ3n) is 3.08. The molecule has 0 aliphatic carbocycles. The van der Waals surface area contributed by atoms with Gasteiger partial charge in [-0.3, -0.25) is 9.59 Å². The molecule has 0 heterocycles. The van der Waals surface area contributed by atoms with Crippen LogP contribution in [0.1, 0.15) is 33.1 Å². The van der Waals surface area contributed by atoms with Gasteiger partial charge in [-0.15, -0.1) is 12.3 Å². The predicted octanol–water partition coefficient (Wildman–Crippen LogP) is 0.344. The summed E-state index contributed by atoms with van der Waals surface area (Å²) in [5.41, 5.74) is 4.59. The maximum absolute atomic E-state index is 11.5. The first kappa shape index (κ1) is 15.5. The molecular weight excluding hydrogens is 220 g/mol. The van der Waals surface area contributed by atoms with Gasteiger partial charge >= 0.3 is 5.97 Å². The Balaban J connectivity index is 4.48. The summed E-state index contributed by atoms with van der Waals surface area (Å²) in [7, 11) is 0. The van der Waals surface area contributed by atoms with Gasteiger partial charge in [-0.05, 0) is 12.8 Å². The third kappa shape index (κ3) is 4.08. The average Bonchev–Trinajstić information content (AvgIpc) is 2.30. The van der Waals surface area contributed by atoms with E-state index in [2.05, 4.69) is 11.2 Å². The van der Waals surface area contributed by atoms with Gasteiger partial charge in [0, 0.05) is 13.0 Å². The molecule has 4 N–H and O–H groups in total. The van der Waals surface area contributed by atoms with Gasteiger partial charge < -0.3 is 16.2 Å². The van der Waals surface area contributed by atoms with Gasteiger partial charge in [0.25, 0.3) is 0 Å². The number of rotatable bonds is 7. The largest absolute Gasteiger partial charge is 0.481 e. The zero-order chi connectivity index (χ0) is 13.5. The first-order valence-electron chi connectivity index (χ1n) is 5.63. The van der Waals surface area contributed by atoms with Gasteiger partial charge in [-0.1, -0.05) is 13.8 Å². The van der Waals surface area contributed by atoms with Gasteiger partial charge in [0.15, 0.2) is 0 Å². The smallest absolute Gasteiger partial charge is 0.311 e. The second-order valence-corrected chi connectivity index (χ2v) is 4.03. The number of terminal acetylenes is 1. The van der Waals surface area contributed by atoms with Crippen LogP contribution in [-0.4, -0.2) is 29.6 Å². The number of nitrogens with one attached hydrogen (secondary N) is 1. The van der Waals surface area contributed by atoms with Crippen molar-refractivity contribution in [3.8, 4) is 12.3 Å². The van der Waals surface area contributed by atoms with E-state index >= 15 is 0 Å². The SMILES string of the molecule is C#CCC(N)C(=O)NCC(CC)(CC)C(=O)O. The third-order valence-corrected chi connectivity index (χ3v) is 3.08. The van der Waals surface area contributed by atoms with Crippen molar-refractivity contribution in [1.29, 1.82) is 0 Å². The Kier molecular flexibility index (Phi) is 6.29. The summed E-state index contributed by atoms with van der Waals surface area (Å²) < 4.78 is 0. The van der Waals surface area contributed by atoms with E-state index in [-0.39, 0.29) is 13.0 Å². The molecule has 1 atom stereocenters. The molecule has 17 heavy (non-hydrogen) atoms. The minimum atomic E-state index is -0.925. The summed E-state index contributed by atoms with van der Waals surface area (Å²) in [6.45, 7) is 3.64. The summed E-state index contributed by atoms with van der Waals surface area (Å²) in [4.78, 5) is 22.7. The maximum Gasteiger partial charge on any atom is 0.311 e. The molecule has 5 nitrogen and oxygen atoms in total. The van der Waals surface area contributed by atoms with E-state index < -0.39 is 23.3 Å². The Morgan fingerprint density at radius 3 is 2.35 bits per heavy atom. The van der Waals surface area contributed by atoms with Crippen molar-refractivity contribution < 1.29 is 14.7 Å². The van der Waals surface area contributed by atoms with Crippen molar-refractivity contribution in [3.63, 3.8) is 0 Å². The van der Waals surface area contributed by atoms with Gasteiger partial charge in [0.2, 0.25) is 5.91 Å². The predicted molar refractivity (Wildman–Crippen MR) is 65.1 cm³/mol. The zero-order valence-corrected chi connectivity index (χ0v) is 10.3. The molecule has 0 aromatic rings. The van der Waals surface area contributed by atoms with E-state index in [4.69, 9.17) is 17.3 Å². The van der Waals surface area contributed by atoms with E-state index in [9.17, 15) is 9.59 Å². The number of carbonyl (C=O) groups is 2. The Hall–Kier alpha value is -1.54. The maximum atomic E-state index is 11.5. The van der Waals surface area contributed by atoms with Crippen molar-refractivity contribution in [3.05, 3.63) is 0 Å². The van der Waals surface area contributed by atoms with Crippen LogP contribution in [0.4, 0.5) is 0 Å². The fourth-order valence-electron chi connectivity index (χ4n) is 1.49. The Morgan fingerprint density at radius 1 is 1.47 bits per heavy atom. The van der Waals surface area contributed by atoms with Gasteiger partial charge in [0.1, 0.15) is 0 Å². The number of amides is 1. The van der Waals surface area contributed by atoms with Crippen LogP contribution in [0.15, 0.2) is 0 Å². The van der Waals surface area contributed by atoms with E-state index in [0.717, 1.165) is 0 Å². The van der Waals surface area contributed by atoms with Crippen molar-refractivity contribution in [2.24, 2.45) is 11.1 Å². The van der Waals surface area contributed by atoms with Crippen LogP contribution in [0.3, 0.4) is 0 Å². The number of carboxylic acid groups (broad SMARTS) is 1. The lowest BCUT2D eigenvalue weighted by Crippen LogP contribution is -2.47. The molecule has 1 unspecified atom stereocenters. The highest BCUT2D eigenvalue weighted by Crippen LogP contribution is 2.25. The lowest BCUT2D eigenvalue weighted by molar-refractivity contribution is -0.149. The number of aliphatic carboxylic acids is 1. The van der Waals surface area contributed by atoms with Crippen LogP contribution in [0, 0.1) is 17.8 Å². The number of carbonyl (C=O) groups excluding carboxylic acids is 1. The molecule has 0 saturated carbocycles. The molecule has 5 heteroatoms. The Labute approximate surface area is 102 Å². The van der Waals surface area contributed by atoms with E-state index in [0.29, 0.717) is 12.8 Å². The average molecular weight is 240 g/mol. The monoisotopic (exact) mass is 240 g/mol. The zero-order valence-electron chi connectivity index (χ0n) is 10.3. The summed E-state index contributed by atoms with van der Waals surface area (Å²) in [6.07, 6.45) is 6.08. The highest BCUT2D eigenvalue weighted by molar-refractivity contribution is 5.83. The fraction of sp³-hybridized carbons (Fsp3) is 0.667. The van der Waals surface area contributed by atoms with Gasteiger partial charge in [-0.2, -0.15) is 0 Å². The molecule has 0 fully saturated rings. The van der Waals surface area contributed by atoms with Crippen molar-refractivity contribution >= 4 is 11.9 Å². The summed E-state index contributed by atoms with van der Waals surface area (Å²) >= 11 is 0. The molecule has 0 aliphatic rings. The van der Waals surface area contributed by atoms with Crippen molar-refractivity contribution in [1.82, 2.24) is 5.32 Å². The highest BCUT2D eigenvalue weighted by atomic mass is 16.4. The van der Waals surface area contributed by atoms with Gasteiger partial charge in [0.05, 0.1) is 11.5 Å². The van der Waals surface area contributed by atoms with E-state index in [1.54, 1.807) is 13.8 Å². The number of carboxylic acids is 1. The first-order chi connectivity index (χ1) is 7.93. The molecule has 96 valence electrons. The lowest BCUT2D eigenvalue weighted by atomic mass is 9.82. The van der Waals surface area contributed by atoms with Crippen LogP contribution < -0.4 is 11.1 Å². The second kappa shape index (κ2) is 6.92. The van der Waals surface area contributed by atoms with Crippen LogP contribution >= 0.6 is 0 Å². The van der Waals surface area contributed by atoms with E-state index in [1.807, 2.05) is 0 Å². The molecule has 0 bridgehead atoms. The minimum Gasteiger partial charge on any atom is -0.481 e. The highest BCUT2D eigenvalue weighted by Gasteiger charge is 2.35. The molecule has 0 aromatic heterocycles. The summed E-state index contributed by atoms with van der Waals surface area (Å²) in [5.74, 6) is 0.978. The molecule has 0 rings (SSSR count). The Bertz CT molecular complexity index is 316. The lowest BCUT2D eigenvalue weighted by Gasteiger charge is -2.27. The normalized spacial score (nSPS) is 12.6. The molecule has 1 amide bonds. The number of hydrogen-bond acceptors (Lipinski definition) is 3. The molecule has 0 aliphatic heterocycles.